The number of nitrogens with zero attached hydrogens (tertiary/aromatic N) is 2. The molecule has 6 nitrogen and oxygen atoms in total. The monoisotopic (exact) mass is 273 g/mol. The summed E-state index contributed by atoms with van der Waals surface area (Å²) >= 11 is 0. The predicted molar refractivity (Wildman–Crippen MR) is 66.8 cm³/mol. The molecule has 2 N–H and O–H groups in total. The van der Waals surface area contributed by atoms with Crippen molar-refractivity contribution < 1.29 is 12.9 Å². The first kappa shape index (κ1) is 13.5. The lowest BCUT2D eigenvalue weighted by Crippen LogP contribution is -2.16. The summed E-state index contributed by atoms with van der Waals surface area (Å²) in [4.78, 5) is 4.30. The van der Waals surface area contributed by atoms with Gasteiger partial charge in [-0.15, -0.1) is 0 Å². The summed E-state index contributed by atoms with van der Waals surface area (Å²) in [5.74, 6) is 1.48. The third-order valence-electron chi connectivity index (χ3n) is 3.29. The van der Waals surface area contributed by atoms with Crippen molar-refractivity contribution in [2.45, 2.75) is 44.1 Å². The van der Waals surface area contributed by atoms with Gasteiger partial charge in [-0.2, -0.15) is 4.98 Å². The molecule has 18 heavy (non-hydrogen) atoms. The van der Waals surface area contributed by atoms with Gasteiger partial charge in [0.25, 0.3) is 0 Å². The molecule has 0 aromatic carbocycles. The van der Waals surface area contributed by atoms with Crippen molar-refractivity contribution in [3.8, 4) is 0 Å². The molecule has 1 aliphatic rings. The first-order valence-electron chi connectivity index (χ1n) is 6.22. The van der Waals surface area contributed by atoms with Gasteiger partial charge < -0.3 is 10.3 Å². The average Bonchev–Trinajstić information content (AvgIpc) is 2.94. The van der Waals surface area contributed by atoms with E-state index < -0.39 is 15.9 Å². The second kappa shape index (κ2) is 5.36. The lowest BCUT2D eigenvalue weighted by Gasteiger charge is -2.05. The number of nitrogens with two attached hydrogens (primary N) is 1. The normalized spacial score (nSPS) is 19.2. The Kier molecular flexibility index (Phi) is 4.01. The van der Waals surface area contributed by atoms with Crippen LogP contribution in [-0.4, -0.2) is 30.6 Å². The molecular weight excluding hydrogens is 254 g/mol. The minimum absolute atomic E-state index is 0.0370. The van der Waals surface area contributed by atoms with Gasteiger partial charge in [-0.1, -0.05) is 18.0 Å². The van der Waals surface area contributed by atoms with Gasteiger partial charge in [0, 0.05) is 12.2 Å². The van der Waals surface area contributed by atoms with E-state index in [0.717, 1.165) is 18.7 Å². The van der Waals surface area contributed by atoms with Crippen molar-refractivity contribution >= 4 is 9.84 Å². The summed E-state index contributed by atoms with van der Waals surface area (Å²) in [5.41, 5.74) is 5.85. The molecule has 7 heteroatoms. The van der Waals surface area contributed by atoms with Crippen LogP contribution in [0.5, 0.6) is 0 Å². The minimum Gasteiger partial charge on any atom is -0.338 e. The summed E-state index contributed by atoms with van der Waals surface area (Å²) in [6.45, 7) is 0. The molecule has 0 aliphatic heterocycles. The van der Waals surface area contributed by atoms with E-state index in [9.17, 15) is 8.42 Å². The third-order valence-corrected chi connectivity index (χ3v) is 4.27. The van der Waals surface area contributed by atoms with Gasteiger partial charge in [0.05, 0.1) is 11.8 Å². The van der Waals surface area contributed by atoms with Crippen LogP contribution in [0, 0.1) is 0 Å². The average molecular weight is 273 g/mol. The van der Waals surface area contributed by atoms with Crippen LogP contribution in [0.3, 0.4) is 0 Å². The molecule has 1 fully saturated rings. The number of hydrogen-bond acceptors (Lipinski definition) is 6. The summed E-state index contributed by atoms with van der Waals surface area (Å²) < 4.78 is 27.2. The first-order valence-corrected chi connectivity index (χ1v) is 8.28. The molecule has 0 unspecified atom stereocenters. The van der Waals surface area contributed by atoms with Crippen molar-refractivity contribution in [1.29, 1.82) is 0 Å². The van der Waals surface area contributed by atoms with E-state index >= 15 is 0 Å². The molecule has 0 radical (unpaired) electrons. The molecule has 1 aromatic heterocycles. The van der Waals surface area contributed by atoms with E-state index in [1.165, 1.54) is 19.1 Å². The van der Waals surface area contributed by atoms with E-state index in [-0.39, 0.29) is 5.75 Å². The van der Waals surface area contributed by atoms with Gasteiger partial charge in [-0.25, -0.2) is 8.42 Å². The maximum Gasteiger partial charge on any atom is 0.243 e. The maximum atomic E-state index is 11.1. The van der Waals surface area contributed by atoms with E-state index in [1.54, 1.807) is 0 Å². The highest BCUT2D eigenvalue weighted by Crippen LogP contribution is 2.32. The Balaban J connectivity index is 1.96. The molecule has 1 aromatic rings. The van der Waals surface area contributed by atoms with Gasteiger partial charge in [0.1, 0.15) is 9.84 Å². The quantitative estimate of drug-likeness (QED) is 0.864. The fourth-order valence-corrected chi connectivity index (χ4v) is 2.89. The standard InChI is InChI=1S/C11H19N3O3S/c1-18(15,16)7-6-9(12)11-13-10(14-17-11)8-4-2-3-5-8/h8-9H,2-7,12H2,1H3/t9-/m1/s1. The van der Waals surface area contributed by atoms with Crippen molar-refractivity contribution in [3.63, 3.8) is 0 Å². The van der Waals surface area contributed by atoms with Crippen LogP contribution in [0.25, 0.3) is 0 Å². The Morgan fingerprint density at radius 3 is 2.72 bits per heavy atom. The molecule has 1 atom stereocenters. The molecule has 102 valence electrons. The summed E-state index contributed by atoms with van der Waals surface area (Å²) in [5, 5.41) is 3.95. The van der Waals surface area contributed by atoms with E-state index in [1.807, 2.05) is 0 Å². The molecule has 1 aliphatic carbocycles. The van der Waals surface area contributed by atoms with Gasteiger partial charge in [-0.05, 0) is 19.3 Å². The fraction of sp³-hybridized carbons (Fsp3) is 0.818. The topological polar surface area (TPSA) is 99.1 Å². The summed E-state index contributed by atoms with van der Waals surface area (Å²) in [7, 11) is -3.01. The van der Waals surface area contributed by atoms with Gasteiger partial charge in [0.2, 0.25) is 5.89 Å². The van der Waals surface area contributed by atoms with Gasteiger partial charge in [-0.3, -0.25) is 0 Å². The van der Waals surface area contributed by atoms with Crippen molar-refractivity contribution in [1.82, 2.24) is 10.1 Å². The first-order chi connectivity index (χ1) is 8.46. The van der Waals surface area contributed by atoms with Crippen molar-refractivity contribution in [3.05, 3.63) is 11.7 Å². The Hall–Kier alpha value is -0.950. The third kappa shape index (κ3) is 3.52. The van der Waals surface area contributed by atoms with Crippen LogP contribution in [0.1, 0.15) is 55.8 Å². The lowest BCUT2D eigenvalue weighted by atomic mass is 10.1. The maximum absolute atomic E-state index is 11.1. The Labute approximate surface area is 107 Å². The van der Waals surface area contributed by atoms with Gasteiger partial charge >= 0.3 is 0 Å². The van der Waals surface area contributed by atoms with Crippen LogP contribution < -0.4 is 5.73 Å². The second-order valence-corrected chi connectivity index (χ2v) is 7.26. The molecule has 0 amide bonds. The summed E-state index contributed by atoms with van der Waals surface area (Å²) in [6, 6.07) is -0.498. The van der Waals surface area contributed by atoms with Gasteiger partial charge in [0.15, 0.2) is 5.82 Å². The van der Waals surface area contributed by atoms with Crippen LogP contribution in [-0.2, 0) is 9.84 Å². The highest BCUT2D eigenvalue weighted by molar-refractivity contribution is 7.90. The zero-order chi connectivity index (χ0) is 13.2. The number of hydrogen-bond donors (Lipinski definition) is 1. The highest BCUT2D eigenvalue weighted by Gasteiger charge is 2.24. The van der Waals surface area contributed by atoms with Crippen molar-refractivity contribution in [2.75, 3.05) is 12.0 Å². The largest absolute Gasteiger partial charge is 0.338 e. The minimum atomic E-state index is -3.01. The Morgan fingerprint density at radius 2 is 2.11 bits per heavy atom. The highest BCUT2D eigenvalue weighted by atomic mass is 32.2. The lowest BCUT2D eigenvalue weighted by molar-refractivity contribution is 0.346. The molecule has 0 bridgehead atoms. The number of sulfone groups is 1. The van der Waals surface area contributed by atoms with E-state index in [2.05, 4.69) is 10.1 Å². The zero-order valence-corrected chi connectivity index (χ0v) is 11.3. The zero-order valence-electron chi connectivity index (χ0n) is 10.5. The number of rotatable bonds is 5. The van der Waals surface area contributed by atoms with E-state index in [4.69, 9.17) is 10.3 Å². The van der Waals surface area contributed by atoms with Crippen LogP contribution in [0.15, 0.2) is 4.52 Å². The molecule has 0 spiro atoms. The van der Waals surface area contributed by atoms with Crippen molar-refractivity contribution in [2.24, 2.45) is 5.73 Å². The molecule has 0 saturated heterocycles. The summed E-state index contributed by atoms with van der Waals surface area (Å²) in [6.07, 6.45) is 6.10. The number of aromatic nitrogens is 2. The predicted octanol–water partition coefficient (Wildman–Crippen LogP) is 1.16. The van der Waals surface area contributed by atoms with Crippen LogP contribution >= 0.6 is 0 Å². The smallest absolute Gasteiger partial charge is 0.243 e. The van der Waals surface area contributed by atoms with E-state index in [0.29, 0.717) is 18.2 Å². The second-order valence-electron chi connectivity index (χ2n) is 5.00. The SMILES string of the molecule is CS(=O)(=O)CC[C@@H](N)c1nc(C2CCCC2)no1. The fourth-order valence-electron chi connectivity index (χ4n) is 2.21. The van der Waals surface area contributed by atoms with Crippen LogP contribution in [0.2, 0.25) is 0 Å². The Morgan fingerprint density at radius 1 is 1.44 bits per heavy atom. The molecule has 1 heterocycles. The molecular formula is C11H19N3O3S. The molecule has 1 saturated carbocycles. The molecule has 2 rings (SSSR count). The van der Waals surface area contributed by atoms with Crippen LogP contribution in [0.4, 0.5) is 0 Å². The Bertz CT molecular complexity index is 491.